The van der Waals surface area contributed by atoms with Crippen LogP contribution in [0.3, 0.4) is 0 Å². The van der Waals surface area contributed by atoms with Crippen LogP contribution in [0.1, 0.15) is 16.2 Å². The monoisotopic (exact) mass is 291 g/mol. The first-order valence-corrected chi connectivity index (χ1v) is 7.62. The Morgan fingerprint density at radius 2 is 2.05 bits per heavy atom. The molecule has 19 heavy (non-hydrogen) atoms. The molecule has 9 heteroatoms. The van der Waals surface area contributed by atoms with Crippen LogP contribution < -0.4 is 0 Å². The lowest BCUT2D eigenvalue weighted by molar-refractivity contribution is 0.0592. The van der Waals surface area contributed by atoms with Gasteiger partial charge in [-0.3, -0.25) is 0 Å². The maximum Gasteiger partial charge on any atom is 0.360 e. The molecule has 0 aliphatic carbocycles. The lowest BCUT2D eigenvalue weighted by Crippen LogP contribution is -2.16. The second-order valence-corrected chi connectivity index (χ2v) is 6.23. The fourth-order valence-corrected chi connectivity index (χ4v) is 1.97. The van der Waals surface area contributed by atoms with Crippen LogP contribution in [-0.4, -0.2) is 62.2 Å². The first-order chi connectivity index (χ1) is 8.89. The van der Waals surface area contributed by atoms with E-state index in [1.54, 1.807) is 0 Å². The van der Waals surface area contributed by atoms with E-state index >= 15 is 0 Å². The zero-order valence-electron chi connectivity index (χ0n) is 11.1. The topological polar surface area (TPSA) is 100 Å². The van der Waals surface area contributed by atoms with Crippen molar-refractivity contribution in [1.29, 1.82) is 0 Å². The molecule has 0 saturated carbocycles. The van der Waals surface area contributed by atoms with Gasteiger partial charge in [0.25, 0.3) is 0 Å². The second kappa shape index (κ2) is 6.62. The highest BCUT2D eigenvalue weighted by Crippen LogP contribution is 2.08. The third kappa shape index (κ3) is 4.60. The van der Waals surface area contributed by atoms with Crippen LogP contribution in [0.5, 0.6) is 0 Å². The second-order valence-electron chi connectivity index (χ2n) is 3.97. The van der Waals surface area contributed by atoms with E-state index in [4.69, 9.17) is 4.74 Å². The minimum absolute atomic E-state index is 0.0725. The summed E-state index contributed by atoms with van der Waals surface area (Å²) in [6, 6.07) is 0. The number of nitrogens with zero attached hydrogens (tertiary/aromatic N) is 3. The zero-order chi connectivity index (χ0) is 14.5. The number of carbonyl (C=O) groups is 1. The first kappa shape index (κ1) is 15.6. The van der Waals surface area contributed by atoms with Gasteiger partial charge in [-0.2, -0.15) is 0 Å². The van der Waals surface area contributed by atoms with Crippen LogP contribution in [0, 0.1) is 0 Å². The Hall–Kier alpha value is -1.48. The van der Waals surface area contributed by atoms with Gasteiger partial charge < -0.3 is 9.47 Å². The minimum Gasteiger partial charge on any atom is -0.464 e. The Morgan fingerprint density at radius 1 is 1.37 bits per heavy atom. The molecule has 108 valence electrons. The molecule has 0 bridgehead atoms. The van der Waals surface area contributed by atoms with Gasteiger partial charge >= 0.3 is 5.97 Å². The van der Waals surface area contributed by atoms with Gasteiger partial charge in [0, 0.05) is 19.8 Å². The smallest absolute Gasteiger partial charge is 0.360 e. The van der Waals surface area contributed by atoms with Crippen LogP contribution in [0.2, 0.25) is 0 Å². The number of sulfone groups is 1. The van der Waals surface area contributed by atoms with Gasteiger partial charge in [-0.05, 0) is 0 Å². The van der Waals surface area contributed by atoms with E-state index in [2.05, 4.69) is 15.0 Å². The Bertz CT molecular complexity index is 537. The molecule has 0 atom stereocenters. The number of methoxy groups -OCH3 is 2. The Kier molecular flexibility index (Phi) is 5.43. The van der Waals surface area contributed by atoms with Gasteiger partial charge in [0.2, 0.25) is 0 Å². The summed E-state index contributed by atoms with van der Waals surface area (Å²) in [6.07, 6.45) is 1.54. The van der Waals surface area contributed by atoms with Gasteiger partial charge in [0.05, 0.1) is 31.7 Å². The third-order valence-electron chi connectivity index (χ3n) is 2.43. The van der Waals surface area contributed by atoms with Crippen molar-refractivity contribution in [3.63, 3.8) is 0 Å². The van der Waals surface area contributed by atoms with Crippen LogP contribution in [0.15, 0.2) is 0 Å². The number of aryl methyl sites for hydroxylation is 1. The lowest BCUT2D eigenvalue weighted by atomic mass is 10.2. The summed E-state index contributed by atoms with van der Waals surface area (Å²) in [5.74, 6) is -0.673. The van der Waals surface area contributed by atoms with Crippen molar-refractivity contribution in [1.82, 2.24) is 15.0 Å². The van der Waals surface area contributed by atoms with E-state index in [1.807, 2.05) is 0 Å². The van der Waals surface area contributed by atoms with Crippen LogP contribution >= 0.6 is 0 Å². The molecule has 0 spiro atoms. The SMILES string of the molecule is COCCc1c(C(=O)OC)nnn1CCS(C)(=O)=O. The molecular weight excluding hydrogens is 274 g/mol. The summed E-state index contributed by atoms with van der Waals surface area (Å²) < 4.78 is 33.2. The molecule has 1 rings (SSSR count). The standard InChI is InChI=1S/C10H17N3O5S/c1-17-6-4-8-9(10(14)18-2)11-12-13(8)5-7-19(3,15)16/h4-7H2,1-3H3. The minimum atomic E-state index is -3.11. The Labute approximate surface area is 111 Å². The molecule has 0 aliphatic rings. The summed E-state index contributed by atoms with van der Waals surface area (Å²) in [5, 5.41) is 7.52. The molecule has 0 aromatic carbocycles. The predicted octanol–water partition coefficient (Wildman–Crippen LogP) is -0.702. The zero-order valence-corrected chi connectivity index (χ0v) is 11.9. The molecule has 8 nitrogen and oxygen atoms in total. The fraction of sp³-hybridized carbons (Fsp3) is 0.700. The number of esters is 1. The molecule has 0 radical (unpaired) electrons. The van der Waals surface area contributed by atoms with E-state index in [1.165, 1.54) is 18.9 Å². The average molecular weight is 291 g/mol. The Morgan fingerprint density at radius 3 is 2.58 bits per heavy atom. The van der Waals surface area contributed by atoms with Crippen molar-refractivity contribution in [2.24, 2.45) is 0 Å². The first-order valence-electron chi connectivity index (χ1n) is 5.56. The summed E-state index contributed by atoms with van der Waals surface area (Å²) in [7, 11) is -0.334. The lowest BCUT2D eigenvalue weighted by Gasteiger charge is -2.06. The van der Waals surface area contributed by atoms with Crippen LogP contribution in [0.4, 0.5) is 0 Å². The van der Waals surface area contributed by atoms with Crippen LogP contribution in [0.25, 0.3) is 0 Å². The van der Waals surface area contributed by atoms with Crippen molar-refractivity contribution in [3.8, 4) is 0 Å². The van der Waals surface area contributed by atoms with Gasteiger partial charge in [-0.15, -0.1) is 5.10 Å². The van der Waals surface area contributed by atoms with Crippen molar-refractivity contribution in [2.45, 2.75) is 13.0 Å². The summed E-state index contributed by atoms with van der Waals surface area (Å²) >= 11 is 0. The number of hydrogen-bond acceptors (Lipinski definition) is 7. The highest BCUT2D eigenvalue weighted by Gasteiger charge is 2.20. The predicted molar refractivity (Wildman–Crippen MR) is 66.7 cm³/mol. The van der Waals surface area contributed by atoms with Crippen molar-refractivity contribution in [3.05, 3.63) is 11.4 Å². The van der Waals surface area contributed by atoms with Crippen molar-refractivity contribution >= 4 is 15.8 Å². The van der Waals surface area contributed by atoms with Gasteiger partial charge in [0.1, 0.15) is 9.84 Å². The molecule has 0 amide bonds. The molecule has 0 aliphatic heterocycles. The molecule has 0 saturated heterocycles. The van der Waals surface area contributed by atoms with Gasteiger partial charge in [-0.1, -0.05) is 5.21 Å². The molecule has 0 fully saturated rings. The Balaban J connectivity index is 2.96. The molecular formula is C10H17N3O5S. The van der Waals surface area contributed by atoms with Gasteiger partial charge in [0.15, 0.2) is 5.69 Å². The molecule has 0 unspecified atom stereocenters. The maximum atomic E-state index is 11.5. The molecule has 1 heterocycles. The quantitative estimate of drug-likeness (QED) is 0.612. The molecule has 1 aromatic heterocycles. The third-order valence-corrected chi connectivity index (χ3v) is 3.36. The van der Waals surface area contributed by atoms with E-state index in [0.717, 1.165) is 6.26 Å². The van der Waals surface area contributed by atoms with E-state index in [0.29, 0.717) is 18.7 Å². The van der Waals surface area contributed by atoms with E-state index in [-0.39, 0.29) is 18.0 Å². The highest BCUT2D eigenvalue weighted by atomic mass is 32.2. The van der Waals surface area contributed by atoms with E-state index < -0.39 is 15.8 Å². The number of ether oxygens (including phenoxy) is 2. The van der Waals surface area contributed by atoms with Crippen LogP contribution in [-0.2, 0) is 32.3 Å². The highest BCUT2D eigenvalue weighted by molar-refractivity contribution is 7.90. The normalized spacial score (nSPS) is 11.5. The van der Waals surface area contributed by atoms with Crippen molar-refractivity contribution < 1.29 is 22.7 Å². The molecule has 1 aromatic rings. The van der Waals surface area contributed by atoms with Crippen molar-refractivity contribution in [2.75, 3.05) is 32.8 Å². The fourth-order valence-electron chi connectivity index (χ4n) is 1.47. The number of rotatable bonds is 7. The number of hydrogen-bond donors (Lipinski definition) is 0. The largest absolute Gasteiger partial charge is 0.464 e. The average Bonchev–Trinajstić information content (AvgIpc) is 2.75. The number of carbonyl (C=O) groups excluding carboxylic acids is 1. The van der Waals surface area contributed by atoms with E-state index in [9.17, 15) is 13.2 Å². The molecule has 0 N–H and O–H groups in total. The maximum absolute atomic E-state index is 11.5. The number of aromatic nitrogens is 3. The van der Waals surface area contributed by atoms with Gasteiger partial charge in [-0.25, -0.2) is 17.9 Å². The summed E-state index contributed by atoms with van der Waals surface area (Å²) in [4.78, 5) is 11.5. The summed E-state index contributed by atoms with van der Waals surface area (Å²) in [6.45, 7) is 0.512. The summed E-state index contributed by atoms with van der Waals surface area (Å²) in [5.41, 5.74) is 0.602.